The molecule has 0 unspecified atom stereocenters. The minimum atomic E-state index is -3.68. The van der Waals surface area contributed by atoms with E-state index in [0.717, 1.165) is 16.1 Å². The molecule has 1 N–H and O–H groups in total. The Hall–Kier alpha value is -2.84. The molecule has 0 fully saturated rings. The van der Waals surface area contributed by atoms with Crippen LogP contribution in [0.1, 0.15) is 11.1 Å². The second-order valence-corrected chi connectivity index (χ2v) is 8.51. The van der Waals surface area contributed by atoms with Crippen molar-refractivity contribution in [2.75, 3.05) is 23.7 Å². The Balaban J connectivity index is 2.03. The van der Waals surface area contributed by atoms with Crippen LogP contribution in [0.5, 0.6) is 5.75 Å². The predicted octanol–water partition coefficient (Wildman–Crippen LogP) is 3.13. The van der Waals surface area contributed by atoms with Gasteiger partial charge in [0.2, 0.25) is 10.0 Å². The van der Waals surface area contributed by atoms with Gasteiger partial charge < -0.3 is 4.74 Å². The highest BCUT2D eigenvalue weighted by Gasteiger charge is 2.22. The van der Waals surface area contributed by atoms with Crippen LogP contribution in [-0.2, 0) is 14.8 Å². The summed E-state index contributed by atoms with van der Waals surface area (Å²) in [4.78, 5) is 12.2. The van der Waals surface area contributed by atoms with E-state index in [2.05, 4.69) is 17.1 Å². The number of ether oxygens (including phenoxy) is 1. The van der Waals surface area contributed by atoms with Crippen molar-refractivity contribution in [2.24, 2.45) is 5.10 Å². The van der Waals surface area contributed by atoms with Crippen LogP contribution >= 0.6 is 11.6 Å². The molecule has 7 nitrogen and oxygen atoms in total. The van der Waals surface area contributed by atoms with E-state index in [-0.39, 0.29) is 0 Å². The minimum Gasteiger partial charge on any atom is -0.490 e. The lowest BCUT2D eigenvalue weighted by molar-refractivity contribution is -0.119. The molecule has 0 spiro atoms. The number of hydrogen-bond acceptors (Lipinski definition) is 5. The van der Waals surface area contributed by atoms with Crippen molar-refractivity contribution in [1.29, 1.82) is 0 Å². The third kappa shape index (κ3) is 6.92. The molecule has 0 aliphatic rings. The first-order chi connectivity index (χ1) is 13.7. The number of anilines is 1. The minimum absolute atomic E-state index is 0.381. The highest BCUT2D eigenvalue weighted by Crippen LogP contribution is 2.25. The molecule has 9 heteroatoms. The number of sulfonamides is 1. The molecule has 2 aromatic carbocycles. The van der Waals surface area contributed by atoms with Gasteiger partial charge in [-0.05, 0) is 60.5 Å². The molecule has 2 rings (SSSR count). The quantitative estimate of drug-likeness (QED) is 0.372. The number of aryl methyl sites for hydroxylation is 1. The van der Waals surface area contributed by atoms with Gasteiger partial charge in [0, 0.05) is 5.02 Å². The molecular weight excluding hydrogens is 414 g/mol. The smallest absolute Gasteiger partial charge is 0.260 e. The number of nitrogens with one attached hydrogen (secondary N) is 1. The Bertz CT molecular complexity index is 1000. The van der Waals surface area contributed by atoms with Gasteiger partial charge in [0.25, 0.3) is 5.91 Å². The van der Waals surface area contributed by atoms with Crippen molar-refractivity contribution in [3.05, 3.63) is 71.3 Å². The van der Waals surface area contributed by atoms with E-state index in [9.17, 15) is 13.2 Å². The van der Waals surface area contributed by atoms with Crippen molar-refractivity contribution in [1.82, 2.24) is 5.43 Å². The molecule has 0 saturated heterocycles. The van der Waals surface area contributed by atoms with Gasteiger partial charge in [-0.15, -0.1) is 0 Å². The maximum Gasteiger partial charge on any atom is 0.260 e. The van der Waals surface area contributed by atoms with Gasteiger partial charge in [0.05, 0.1) is 18.2 Å². The number of carbonyl (C=O) groups excluding carboxylic acids is 1. The zero-order valence-electron chi connectivity index (χ0n) is 16.1. The van der Waals surface area contributed by atoms with Crippen LogP contribution in [0, 0.1) is 6.92 Å². The average Bonchev–Trinajstić information content (AvgIpc) is 2.65. The zero-order chi connectivity index (χ0) is 21.4. The fourth-order valence-corrected chi connectivity index (χ4v) is 3.57. The first-order valence-corrected chi connectivity index (χ1v) is 10.8. The molecule has 0 radical (unpaired) electrons. The molecule has 154 valence electrons. The number of benzene rings is 2. The van der Waals surface area contributed by atoms with E-state index in [1.165, 1.54) is 6.21 Å². The average molecular weight is 436 g/mol. The highest BCUT2D eigenvalue weighted by atomic mass is 35.5. The van der Waals surface area contributed by atoms with Crippen LogP contribution < -0.4 is 14.5 Å². The summed E-state index contributed by atoms with van der Waals surface area (Å²) < 4.78 is 30.7. The van der Waals surface area contributed by atoms with Crippen molar-refractivity contribution in [3.63, 3.8) is 0 Å². The molecule has 29 heavy (non-hydrogen) atoms. The van der Waals surface area contributed by atoms with Crippen molar-refractivity contribution in [3.8, 4) is 5.75 Å². The summed E-state index contributed by atoms with van der Waals surface area (Å²) in [6, 6.07) is 11.8. The van der Waals surface area contributed by atoms with E-state index in [1.54, 1.807) is 55.5 Å². The largest absolute Gasteiger partial charge is 0.490 e. The van der Waals surface area contributed by atoms with Crippen molar-refractivity contribution < 1.29 is 17.9 Å². The van der Waals surface area contributed by atoms with E-state index in [1.807, 2.05) is 0 Å². The summed E-state index contributed by atoms with van der Waals surface area (Å²) in [7, 11) is -3.68. The van der Waals surface area contributed by atoms with Crippen LogP contribution in [0.25, 0.3) is 0 Å². The number of hydrogen-bond donors (Lipinski definition) is 1. The van der Waals surface area contributed by atoms with E-state index < -0.39 is 22.5 Å². The lowest BCUT2D eigenvalue weighted by atomic mass is 10.2. The van der Waals surface area contributed by atoms with Gasteiger partial charge in [-0.25, -0.2) is 13.8 Å². The summed E-state index contributed by atoms with van der Waals surface area (Å²) in [6.07, 6.45) is 4.14. The maximum atomic E-state index is 12.2. The Morgan fingerprint density at radius 2 is 1.97 bits per heavy atom. The van der Waals surface area contributed by atoms with Crippen LogP contribution in [0.15, 0.2) is 60.2 Å². The van der Waals surface area contributed by atoms with Gasteiger partial charge in [0.15, 0.2) is 0 Å². The Morgan fingerprint density at radius 1 is 1.28 bits per heavy atom. The Labute approximate surface area is 175 Å². The molecule has 0 bridgehead atoms. The third-order valence-electron chi connectivity index (χ3n) is 3.77. The fourth-order valence-electron chi connectivity index (χ4n) is 2.43. The Morgan fingerprint density at radius 3 is 2.55 bits per heavy atom. The third-order valence-corrected chi connectivity index (χ3v) is 5.13. The summed E-state index contributed by atoms with van der Waals surface area (Å²) >= 11 is 5.92. The standard InChI is InChI=1S/C20H22ClN3O4S/c1-4-11-28-18-8-5-16(6-9-18)13-22-23-20(25)14-24(29(3,26)27)19-10-7-17(21)12-15(19)2/h4-10,12-13H,1,11,14H2,2-3H3,(H,23,25)/b22-13-. The van der Waals surface area contributed by atoms with E-state index >= 15 is 0 Å². The van der Waals surface area contributed by atoms with Gasteiger partial charge in [0.1, 0.15) is 18.9 Å². The number of nitrogens with zero attached hydrogens (tertiary/aromatic N) is 2. The molecule has 0 aromatic heterocycles. The SMILES string of the molecule is C=CCOc1ccc(/C=N\NC(=O)CN(c2ccc(Cl)cc2C)S(C)(=O)=O)cc1. The van der Waals surface area contributed by atoms with Gasteiger partial charge >= 0.3 is 0 Å². The lowest BCUT2D eigenvalue weighted by Crippen LogP contribution is -2.39. The number of rotatable bonds is 9. The van der Waals surface area contributed by atoms with Gasteiger partial charge in [-0.1, -0.05) is 24.3 Å². The summed E-state index contributed by atoms with van der Waals surface area (Å²) in [6.45, 7) is 5.30. The van der Waals surface area contributed by atoms with Crippen LogP contribution in [0.2, 0.25) is 5.02 Å². The predicted molar refractivity (Wildman–Crippen MR) is 116 cm³/mol. The summed E-state index contributed by atoms with van der Waals surface area (Å²) in [5.41, 5.74) is 4.10. The number of halogens is 1. The monoisotopic (exact) mass is 435 g/mol. The molecule has 2 aromatic rings. The molecule has 0 saturated carbocycles. The molecule has 1 amide bonds. The van der Waals surface area contributed by atoms with Gasteiger partial charge in [-0.2, -0.15) is 5.10 Å². The van der Waals surface area contributed by atoms with Crippen molar-refractivity contribution in [2.45, 2.75) is 6.92 Å². The first-order valence-electron chi connectivity index (χ1n) is 8.60. The molecular formula is C20H22ClN3O4S. The topological polar surface area (TPSA) is 88.1 Å². The van der Waals surface area contributed by atoms with Gasteiger partial charge in [-0.3, -0.25) is 9.10 Å². The molecule has 0 heterocycles. The van der Waals surface area contributed by atoms with Crippen molar-refractivity contribution >= 4 is 39.4 Å². The van der Waals surface area contributed by atoms with Crippen LogP contribution in [0.3, 0.4) is 0 Å². The second kappa shape index (κ2) is 10.1. The summed E-state index contributed by atoms with van der Waals surface area (Å²) in [5.74, 6) is 0.111. The molecule has 0 aliphatic carbocycles. The second-order valence-electron chi connectivity index (χ2n) is 6.16. The first kappa shape index (κ1) is 22.4. The normalized spacial score (nSPS) is 11.3. The van der Waals surface area contributed by atoms with Crippen LogP contribution in [-0.4, -0.2) is 39.9 Å². The molecule has 0 aliphatic heterocycles. The van der Waals surface area contributed by atoms with E-state index in [0.29, 0.717) is 28.6 Å². The Kier molecular flexibility index (Phi) is 7.81. The summed E-state index contributed by atoms with van der Waals surface area (Å²) in [5, 5.41) is 4.36. The van der Waals surface area contributed by atoms with Crippen LogP contribution in [0.4, 0.5) is 5.69 Å². The number of hydrazone groups is 1. The molecule has 0 atom stereocenters. The fraction of sp³-hybridized carbons (Fsp3) is 0.200. The number of amides is 1. The highest BCUT2D eigenvalue weighted by molar-refractivity contribution is 7.92. The van der Waals surface area contributed by atoms with E-state index in [4.69, 9.17) is 16.3 Å². The zero-order valence-corrected chi connectivity index (χ0v) is 17.7. The number of carbonyl (C=O) groups is 1. The maximum absolute atomic E-state index is 12.2. The lowest BCUT2D eigenvalue weighted by Gasteiger charge is -2.23.